The molecule has 0 aliphatic rings. The molecule has 3 N–H and O–H groups in total. The van der Waals surface area contributed by atoms with E-state index < -0.39 is 0 Å². The molecule has 59 valence electrons. The molecule has 2 nitrogen and oxygen atoms in total. The first-order valence-corrected chi connectivity index (χ1v) is 3.79. The molecule has 0 aliphatic carbocycles. The zero-order valence-corrected chi connectivity index (χ0v) is 6.69. The molecule has 0 amide bonds. The van der Waals surface area contributed by atoms with Crippen molar-refractivity contribution in [3.63, 3.8) is 0 Å². The third-order valence-electron chi connectivity index (χ3n) is 1.39. The number of rotatable bonds is 5. The topological polar surface area (TPSA) is 49.9 Å². The molecule has 0 spiro atoms. The average molecular weight is 141 g/mol. The monoisotopic (exact) mass is 141 g/mol. The van der Waals surface area contributed by atoms with Gasteiger partial charge in [0.15, 0.2) is 0 Å². The Hall–Kier alpha value is -0.530. The minimum atomic E-state index is 0.303. The summed E-state index contributed by atoms with van der Waals surface area (Å²) in [5, 5.41) is 6.94. The fourth-order valence-electron chi connectivity index (χ4n) is 0.808. The second-order valence-electron chi connectivity index (χ2n) is 2.88. The molecule has 0 heterocycles. The molecular formula is C8H17N2. The third kappa shape index (κ3) is 7.47. The maximum Gasteiger partial charge on any atom is 0.0905 e. The lowest BCUT2D eigenvalue weighted by Crippen LogP contribution is -2.08. The molecule has 0 rings (SSSR count). The Morgan fingerprint density at radius 2 is 2.20 bits per heavy atom. The van der Waals surface area contributed by atoms with Crippen LogP contribution in [-0.4, -0.2) is 5.84 Å². The van der Waals surface area contributed by atoms with E-state index in [0.717, 1.165) is 25.7 Å². The predicted octanol–water partition coefficient (Wildman–Crippen LogP) is 1.95. The number of unbranched alkanes of at least 4 members (excludes halogenated alkanes) is 1. The molecule has 1 atom stereocenters. The predicted molar refractivity (Wildman–Crippen MR) is 44.9 cm³/mol. The molecular weight excluding hydrogens is 124 g/mol. The lowest BCUT2D eigenvalue weighted by molar-refractivity contribution is 0.585. The van der Waals surface area contributed by atoms with Gasteiger partial charge in [0.2, 0.25) is 0 Å². The van der Waals surface area contributed by atoms with Crippen molar-refractivity contribution in [1.29, 1.82) is 5.41 Å². The summed E-state index contributed by atoms with van der Waals surface area (Å²) in [6, 6.07) is 0. The summed E-state index contributed by atoms with van der Waals surface area (Å²) in [5.74, 6) is 0.837. The van der Waals surface area contributed by atoms with Gasteiger partial charge in [0.1, 0.15) is 0 Å². The van der Waals surface area contributed by atoms with E-state index >= 15 is 0 Å². The third-order valence-corrected chi connectivity index (χ3v) is 1.39. The van der Waals surface area contributed by atoms with Crippen LogP contribution in [0.2, 0.25) is 0 Å². The molecule has 0 fully saturated rings. The Balaban J connectivity index is 2.98. The highest BCUT2D eigenvalue weighted by Gasteiger charge is 1.94. The van der Waals surface area contributed by atoms with E-state index in [4.69, 9.17) is 11.1 Å². The van der Waals surface area contributed by atoms with Gasteiger partial charge in [-0.25, -0.2) is 0 Å². The van der Waals surface area contributed by atoms with Crippen molar-refractivity contribution in [2.45, 2.75) is 32.6 Å². The standard InChI is InChI=1S/C8H17N2/c1-7(2)5-3-4-6-8(9)10/h7H,1,3-6H2,2H3,(H3,9,10). The quantitative estimate of drug-likeness (QED) is 0.343. The number of nitrogens with one attached hydrogen (secondary N) is 1. The zero-order valence-electron chi connectivity index (χ0n) is 6.69. The number of nitrogens with two attached hydrogens (primary N) is 1. The molecule has 0 aromatic carbocycles. The molecule has 0 aromatic heterocycles. The highest BCUT2D eigenvalue weighted by molar-refractivity contribution is 5.76. The average Bonchev–Trinajstić information content (AvgIpc) is 1.79. The van der Waals surface area contributed by atoms with Gasteiger partial charge in [-0.15, -0.1) is 0 Å². The largest absolute Gasteiger partial charge is 0.388 e. The van der Waals surface area contributed by atoms with Crippen LogP contribution in [0.4, 0.5) is 0 Å². The molecule has 0 saturated carbocycles. The van der Waals surface area contributed by atoms with Crippen LogP contribution in [0.5, 0.6) is 0 Å². The lowest BCUT2D eigenvalue weighted by Gasteiger charge is -2.02. The van der Waals surface area contributed by atoms with Gasteiger partial charge in [-0.05, 0) is 12.3 Å². The van der Waals surface area contributed by atoms with Gasteiger partial charge < -0.3 is 5.73 Å². The first-order valence-electron chi connectivity index (χ1n) is 3.79. The Bertz CT molecular complexity index is 97.4. The number of hydrogen-bond acceptors (Lipinski definition) is 1. The molecule has 10 heavy (non-hydrogen) atoms. The highest BCUT2D eigenvalue weighted by Crippen LogP contribution is 2.06. The first-order chi connectivity index (χ1) is 4.63. The molecule has 1 radical (unpaired) electrons. The van der Waals surface area contributed by atoms with Gasteiger partial charge in [-0.3, -0.25) is 5.41 Å². The van der Waals surface area contributed by atoms with Crippen molar-refractivity contribution in [2.75, 3.05) is 0 Å². The van der Waals surface area contributed by atoms with Crippen molar-refractivity contribution in [3.05, 3.63) is 6.92 Å². The van der Waals surface area contributed by atoms with E-state index in [0.29, 0.717) is 11.8 Å². The van der Waals surface area contributed by atoms with Crippen molar-refractivity contribution < 1.29 is 0 Å². The van der Waals surface area contributed by atoms with E-state index in [2.05, 4.69) is 13.8 Å². The number of amidine groups is 1. The van der Waals surface area contributed by atoms with Crippen molar-refractivity contribution in [2.24, 2.45) is 11.7 Å². The smallest absolute Gasteiger partial charge is 0.0905 e. The van der Waals surface area contributed by atoms with Crippen LogP contribution in [-0.2, 0) is 0 Å². The van der Waals surface area contributed by atoms with Crippen molar-refractivity contribution in [3.8, 4) is 0 Å². The van der Waals surface area contributed by atoms with Crippen LogP contribution in [0, 0.1) is 18.3 Å². The van der Waals surface area contributed by atoms with Gasteiger partial charge in [0, 0.05) is 6.42 Å². The van der Waals surface area contributed by atoms with Crippen LogP contribution in [0.3, 0.4) is 0 Å². The normalized spacial score (nSPS) is 10.3. The van der Waals surface area contributed by atoms with Crippen molar-refractivity contribution >= 4 is 5.84 Å². The Kier molecular flexibility index (Phi) is 4.99. The highest BCUT2D eigenvalue weighted by atomic mass is 14.7. The van der Waals surface area contributed by atoms with Crippen molar-refractivity contribution in [1.82, 2.24) is 0 Å². The fourth-order valence-corrected chi connectivity index (χ4v) is 0.808. The van der Waals surface area contributed by atoms with Gasteiger partial charge in [-0.1, -0.05) is 26.7 Å². The molecule has 0 aliphatic heterocycles. The minimum absolute atomic E-state index is 0.303. The maximum absolute atomic E-state index is 6.94. The summed E-state index contributed by atoms with van der Waals surface area (Å²) in [6.07, 6.45) is 4.07. The Morgan fingerprint density at radius 3 is 2.60 bits per heavy atom. The summed E-state index contributed by atoms with van der Waals surface area (Å²) >= 11 is 0. The summed E-state index contributed by atoms with van der Waals surface area (Å²) in [7, 11) is 0. The maximum atomic E-state index is 6.94. The zero-order chi connectivity index (χ0) is 7.98. The lowest BCUT2D eigenvalue weighted by atomic mass is 10.1. The SMILES string of the molecule is [CH2]C(C)CCCCC(=N)N. The van der Waals surface area contributed by atoms with E-state index in [1.807, 2.05) is 0 Å². The van der Waals surface area contributed by atoms with Crippen LogP contribution in [0.15, 0.2) is 0 Å². The summed E-state index contributed by atoms with van der Waals surface area (Å²) in [6.45, 7) is 5.98. The second-order valence-corrected chi connectivity index (χ2v) is 2.88. The van der Waals surface area contributed by atoms with E-state index in [9.17, 15) is 0 Å². The van der Waals surface area contributed by atoms with E-state index in [1.165, 1.54) is 0 Å². The Morgan fingerprint density at radius 1 is 1.60 bits per heavy atom. The van der Waals surface area contributed by atoms with Crippen LogP contribution >= 0.6 is 0 Å². The second kappa shape index (κ2) is 5.27. The van der Waals surface area contributed by atoms with E-state index in [1.54, 1.807) is 0 Å². The van der Waals surface area contributed by atoms with Gasteiger partial charge >= 0.3 is 0 Å². The van der Waals surface area contributed by atoms with Gasteiger partial charge in [-0.2, -0.15) is 0 Å². The minimum Gasteiger partial charge on any atom is -0.388 e. The summed E-state index contributed by atoms with van der Waals surface area (Å²) < 4.78 is 0. The number of hydrogen-bond donors (Lipinski definition) is 2. The van der Waals surface area contributed by atoms with Gasteiger partial charge in [0.05, 0.1) is 5.84 Å². The van der Waals surface area contributed by atoms with Gasteiger partial charge in [0.25, 0.3) is 0 Å². The fraction of sp³-hybridized carbons (Fsp3) is 0.750. The summed E-state index contributed by atoms with van der Waals surface area (Å²) in [4.78, 5) is 0. The summed E-state index contributed by atoms with van der Waals surface area (Å²) in [5.41, 5.74) is 5.18. The Labute approximate surface area is 63.3 Å². The molecule has 0 aromatic rings. The van der Waals surface area contributed by atoms with E-state index in [-0.39, 0.29) is 0 Å². The van der Waals surface area contributed by atoms with Crippen LogP contribution in [0.25, 0.3) is 0 Å². The molecule has 2 heteroatoms. The van der Waals surface area contributed by atoms with Crippen LogP contribution in [0.1, 0.15) is 32.6 Å². The molecule has 1 unspecified atom stereocenters. The first kappa shape index (κ1) is 9.47. The molecule has 0 saturated heterocycles. The van der Waals surface area contributed by atoms with Crippen LogP contribution < -0.4 is 5.73 Å². The molecule has 0 bridgehead atoms.